The van der Waals surface area contributed by atoms with Gasteiger partial charge in [-0.15, -0.1) is 0 Å². The Morgan fingerprint density at radius 3 is 2.25 bits per heavy atom. The zero-order valence-corrected chi connectivity index (χ0v) is 11.4. The number of hydrogen-bond acceptors (Lipinski definition) is 2. The smallest absolute Gasteiger partial charge is 0.338 e. The van der Waals surface area contributed by atoms with Gasteiger partial charge in [0, 0.05) is 0 Å². The number of carbonyl (C=O) groups is 1. The molecule has 102 valence electrons. The molecule has 2 nitrogen and oxygen atoms in total. The molecule has 0 fully saturated rings. The number of aryl methyl sites for hydroxylation is 1. The van der Waals surface area contributed by atoms with Crippen molar-refractivity contribution in [2.45, 2.75) is 18.9 Å². The predicted octanol–water partition coefficient (Wildman–Crippen LogP) is 4.03. The van der Waals surface area contributed by atoms with Crippen molar-refractivity contribution in [3.05, 3.63) is 84.4 Å². The van der Waals surface area contributed by atoms with Gasteiger partial charge in [0.25, 0.3) is 0 Å². The largest absolute Gasteiger partial charge is 0.455 e. The van der Waals surface area contributed by atoms with E-state index in [4.69, 9.17) is 4.74 Å². The molecular formula is C18H18O2. The van der Waals surface area contributed by atoms with Gasteiger partial charge < -0.3 is 4.74 Å². The highest BCUT2D eigenvalue weighted by Crippen LogP contribution is 2.11. The SMILES string of the molecule is C=CC(CCc1ccccc1)OC(=O)c1ccccc1. The van der Waals surface area contributed by atoms with Crippen LogP contribution in [0.5, 0.6) is 0 Å². The van der Waals surface area contributed by atoms with Gasteiger partial charge in [0.05, 0.1) is 5.56 Å². The summed E-state index contributed by atoms with van der Waals surface area (Å²) >= 11 is 0. The second-order valence-corrected chi connectivity index (χ2v) is 4.57. The van der Waals surface area contributed by atoms with E-state index in [1.807, 2.05) is 36.4 Å². The third kappa shape index (κ3) is 4.09. The van der Waals surface area contributed by atoms with Crippen molar-refractivity contribution in [3.63, 3.8) is 0 Å². The van der Waals surface area contributed by atoms with Crippen LogP contribution >= 0.6 is 0 Å². The first kappa shape index (κ1) is 14.1. The summed E-state index contributed by atoms with van der Waals surface area (Å²) in [5.74, 6) is -0.302. The van der Waals surface area contributed by atoms with E-state index in [2.05, 4.69) is 18.7 Å². The maximum Gasteiger partial charge on any atom is 0.338 e. The van der Waals surface area contributed by atoms with Crippen LogP contribution in [-0.4, -0.2) is 12.1 Å². The van der Waals surface area contributed by atoms with Crippen LogP contribution in [0, 0.1) is 0 Å². The average molecular weight is 266 g/mol. The Hall–Kier alpha value is -2.35. The van der Waals surface area contributed by atoms with Crippen molar-refractivity contribution in [2.24, 2.45) is 0 Å². The first-order chi connectivity index (χ1) is 9.79. The monoisotopic (exact) mass is 266 g/mol. The highest BCUT2D eigenvalue weighted by molar-refractivity contribution is 5.89. The fraction of sp³-hybridized carbons (Fsp3) is 0.167. The standard InChI is InChI=1S/C18H18O2/c1-2-17(14-13-15-9-5-3-6-10-15)20-18(19)16-11-7-4-8-12-16/h2-12,17H,1,13-14H2. The third-order valence-electron chi connectivity index (χ3n) is 3.09. The number of hydrogen-bond donors (Lipinski definition) is 0. The first-order valence-electron chi connectivity index (χ1n) is 6.72. The zero-order chi connectivity index (χ0) is 14.2. The average Bonchev–Trinajstić information content (AvgIpc) is 2.53. The Balaban J connectivity index is 1.89. The Morgan fingerprint density at radius 2 is 1.65 bits per heavy atom. The molecule has 0 N–H and O–H groups in total. The van der Waals surface area contributed by atoms with Gasteiger partial charge >= 0.3 is 5.97 Å². The molecule has 1 unspecified atom stereocenters. The fourth-order valence-electron chi connectivity index (χ4n) is 1.96. The van der Waals surface area contributed by atoms with Crippen LogP contribution in [0.15, 0.2) is 73.3 Å². The van der Waals surface area contributed by atoms with Crippen LogP contribution in [-0.2, 0) is 11.2 Å². The normalized spacial score (nSPS) is 11.6. The van der Waals surface area contributed by atoms with E-state index < -0.39 is 0 Å². The minimum atomic E-state index is -0.302. The van der Waals surface area contributed by atoms with Crippen molar-refractivity contribution in [2.75, 3.05) is 0 Å². The molecule has 0 heterocycles. The molecule has 0 spiro atoms. The van der Waals surface area contributed by atoms with Crippen LogP contribution < -0.4 is 0 Å². The molecule has 0 aliphatic rings. The highest BCUT2D eigenvalue weighted by atomic mass is 16.5. The molecule has 0 aromatic heterocycles. The van der Waals surface area contributed by atoms with Crippen LogP contribution in [0.25, 0.3) is 0 Å². The van der Waals surface area contributed by atoms with E-state index in [-0.39, 0.29) is 12.1 Å². The van der Waals surface area contributed by atoms with Crippen molar-refractivity contribution in [1.29, 1.82) is 0 Å². The molecule has 2 heteroatoms. The molecule has 0 aliphatic heterocycles. The van der Waals surface area contributed by atoms with Gasteiger partial charge in [-0.2, -0.15) is 0 Å². The lowest BCUT2D eigenvalue weighted by Gasteiger charge is -2.14. The molecule has 1 atom stereocenters. The molecule has 2 aromatic carbocycles. The summed E-state index contributed by atoms with van der Waals surface area (Å²) < 4.78 is 5.45. The van der Waals surface area contributed by atoms with Gasteiger partial charge in [-0.3, -0.25) is 0 Å². The van der Waals surface area contributed by atoms with Gasteiger partial charge in [0.1, 0.15) is 6.10 Å². The quantitative estimate of drug-likeness (QED) is 0.583. The van der Waals surface area contributed by atoms with Crippen molar-refractivity contribution < 1.29 is 9.53 Å². The lowest BCUT2D eigenvalue weighted by Crippen LogP contribution is -2.16. The fourth-order valence-corrected chi connectivity index (χ4v) is 1.96. The summed E-state index contributed by atoms with van der Waals surface area (Å²) in [6.07, 6.45) is 3.03. The number of benzene rings is 2. The maximum atomic E-state index is 12.0. The van der Waals surface area contributed by atoms with Gasteiger partial charge in [0.2, 0.25) is 0 Å². The van der Waals surface area contributed by atoms with E-state index in [9.17, 15) is 4.79 Å². The van der Waals surface area contributed by atoms with Gasteiger partial charge in [-0.1, -0.05) is 61.2 Å². The van der Waals surface area contributed by atoms with Gasteiger partial charge in [-0.05, 0) is 30.5 Å². The molecule has 0 bridgehead atoms. The summed E-state index contributed by atoms with van der Waals surface area (Å²) in [6.45, 7) is 3.74. The predicted molar refractivity (Wildman–Crippen MR) is 80.6 cm³/mol. The molecular weight excluding hydrogens is 248 g/mol. The number of ether oxygens (including phenoxy) is 1. The minimum Gasteiger partial charge on any atom is -0.455 e. The Kier molecular flexibility index (Phi) is 5.13. The molecule has 2 rings (SSSR count). The van der Waals surface area contributed by atoms with Gasteiger partial charge in [-0.25, -0.2) is 4.79 Å². The first-order valence-corrected chi connectivity index (χ1v) is 6.72. The summed E-state index contributed by atoms with van der Waals surface area (Å²) in [5, 5.41) is 0. The van der Waals surface area contributed by atoms with Crippen molar-refractivity contribution in [1.82, 2.24) is 0 Å². The van der Waals surface area contributed by atoms with Crippen molar-refractivity contribution >= 4 is 5.97 Å². The molecule has 0 aliphatic carbocycles. The van der Waals surface area contributed by atoms with Crippen LogP contribution in [0.2, 0.25) is 0 Å². The number of carbonyl (C=O) groups excluding carboxylic acids is 1. The Bertz CT molecular complexity index is 546. The lowest BCUT2D eigenvalue weighted by molar-refractivity contribution is 0.0381. The molecule has 2 aromatic rings. The number of esters is 1. The lowest BCUT2D eigenvalue weighted by atomic mass is 10.1. The molecule has 0 amide bonds. The molecule has 20 heavy (non-hydrogen) atoms. The topological polar surface area (TPSA) is 26.3 Å². The third-order valence-corrected chi connectivity index (χ3v) is 3.09. The number of rotatable bonds is 6. The second kappa shape index (κ2) is 7.29. The Labute approximate surface area is 119 Å². The maximum absolute atomic E-state index is 12.0. The minimum absolute atomic E-state index is 0.261. The summed E-state index contributed by atoms with van der Waals surface area (Å²) in [7, 11) is 0. The van der Waals surface area contributed by atoms with Crippen LogP contribution in [0.4, 0.5) is 0 Å². The summed E-state index contributed by atoms with van der Waals surface area (Å²) in [4.78, 5) is 12.0. The van der Waals surface area contributed by atoms with E-state index >= 15 is 0 Å². The van der Waals surface area contributed by atoms with E-state index in [1.165, 1.54) is 5.56 Å². The van der Waals surface area contributed by atoms with E-state index in [1.54, 1.807) is 18.2 Å². The Morgan fingerprint density at radius 1 is 1.05 bits per heavy atom. The van der Waals surface area contributed by atoms with Crippen LogP contribution in [0.1, 0.15) is 22.3 Å². The molecule has 0 saturated carbocycles. The molecule has 0 radical (unpaired) electrons. The molecule has 0 saturated heterocycles. The summed E-state index contributed by atoms with van der Waals surface area (Å²) in [6, 6.07) is 19.2. The van der Waals surface area contributed by atoms with Gasteiger partial charge in [0.15, 0.2) is 0 Å². The van der Waals surface area contributed by atoms with Crippen LogP contribution in [0.3, 0.4) is 0 Å². The van der Waals surface area contributed by atoms with E-state index in [0.717, 1.165) is 12.8 Å². The zero-order valence-electron chi connectivity index (χ0n) is 11.4. The summed E-state index contributed by atoms with van der Waals surface area (Å²) in [5.41, 5.74) is 1.80. The van der Waals surface area contributed by atoms with E-state index in [0.29, 0.717) is 5.56 Å². The highest BCUT2D eigenvalue weighted by Gasteiger charge is 2.12. The second-order valence-electron chi connectivity index (χ2n) is 4.57. The van der Waals surface area contributed by atoms with Crippen molar-refractivity contribution in [3.8, 4) is 0 Å².